The molecule has 0 amide bonds. The first kappa shape index (κ1) is 23.9. The standard InChI is InChI=1S/C28H34FN8/c1-18-33-27-23(29)15-19(16-25(27)37(18,2)22-5-3-4-6-22)24-9-12-31-28(34-24)35-26-8-7-21(17-32-26)36-13-10-20(30)11-14-36/h7-9,12,15-17,20,22H,3-6,10-11,13-14,30H2,1-2H3,(H,31,32,34,35)/q+1. The summed E-state index contributed by atoms with van der Waals surface area (Å²) in [5.41, 5.74) is 9.87. The van der Waals surface area contributed by atoms with E-state index in [4.69, 9.17) is 10.7 Å². The van der Waals surface area contributed by atoms with Gasteiger partial charge in [0.1, 0.15) is 5.82 Å². The Morgan fingerprint density at radius 2 is 1.84 bits per heavy atom. The Morgan fingerprint density at radius 3 is 2.57 bits per heavy atom. The maximum atomic E-state index is 15.3. The molecule has 9 heteroatoms. The molecule has 1 saturated carbocycles. The normalized spacial score (nSPS) is 22.3. The monoisotopic (exact) mass is 501 g/mol. The first-order valence-corrected chi connectivity index (χ1v) is 13.2. The van der Waals surface area contributed by atoms with Crippen LogP contribution in [0.5, 0.6) is 0 Å². The third-order valence-electron chi connectivity index (χ3n) is 8.39. The van der Waals surface area contributed by atoms with Crippen LogP contribution in [0.25, 0.3) is 11.3 Å². The molecule has 1 atom stereocenters. The topological polar surface area (TPSA) is 92.3 Å². The number of aliphatic imine (C=N–C) groups is 1. The Hall–Kier alpha value is -3.43. The Kier molecular flexibility index (Phi) is 6.12. The molecule has 37 heavy (non-hydrogen) atoms. The molecule has 1 aliphatic carbocycles. The number of rotatable bonds is 5. The highest BCUT2D eigenvalue weighted by Crippen LogP contribution is 2.47. The number of pyridine rings is 1. The number of anilines is 3. The van der Waals surface area contributed by atoms with E-state index in [0.29, 0.717) is 39.7 Å². The summed E-state index contributed by atoms with van der Waals surface area (Å²) in [5, 5.41) is 3.19. The van der Waals surface area contributed by atoms with E-state index in [2.05, 4.69) is 44.4 Å². The van der Waals surface area contributed by atoms with Crippen molar-refractivity contribution >= 4 is 34.7 Å². The smallest absolute Gasteiger partial charge is 0.228 e. The van der Waals surface area contributed by atoms with Crippen LogP contribution in [0.2, 0.25) is 0 Å². The van der Waals surface area contributed by atoms with Gasteiger partial charge in [0.05, 0.1) is 30.7 Å². The van der Waals surface area contributed by atoms with Crippen molar-refractivity contribution in [2.45, 2.75) is 57.5 Å². The van der Waals surface area contributed by atoms with E-state index >= 15 is 4.39 Å². The SMILES string of the molecule is CC1=Nc2c(F)cc(-c3ccnc(Nc4ccc(N5CCC(N)CC5)cn4)n3)cc2[N+]1(C)C1CCCC1. The molecule has 192 valence electrons. The summed E-state index contributed by atoms with van der Waals surface area (Å²) in [6.45, 7) is 3.91. The number of hydrogen-bond donors (Lipinski definition) is 2. The van der Waals surface area contributed by atoms with Gasteiger partial charge in [-0.1, -0.05) is 0 Å². The second-order valence-corrected chi connectivity index (χ2v) is 10.6. The fourth-order valence-electron chi connectivity index (χ4n) is 6.02. The van der Waals surface area contributed by atoms with Gasteiger partial charge < -0.3 is 16.0 Å². The highest BCUT2D eigenvalue weighted by molar-refractivity contribution is 6.02. The molecule has 6 rings (SSSR count). The Morgan fingerprint density at radius 1 is 1.05 bits per heavy atom. The second-order valence-electron chi connectivity index (χ2n) is 10.6. The zero-order valence-corrected chi connectivity index (χ0v) is 21.5. The number of nitrogens with zero attached hydrogens (tertiary/aromatic N) is 6. The van der Waals surface area contributed by atoms with Crippen molar-refractivity contribution in [3.8, 4) is 11.3 Å². The zero-order valence-electron chi connectivity index (χ0n) is 21.5. The number of nitrogens with two attached hydrogens (primary N) is 1. The van der Waals surface area contributed by atoms with Crippen LogP contribution in [-0.4, -0.2) is 53.0 Å². The summed E-state index contributed by atoms with van der Waals surface area (Å²) in [7, 11) is 2.17. The van der Waals surface area contributed by atoms with Crippen LogP contribution in [0.1, 0.15) is 45.4 Å². The highest BCUT2D eigenvalue weighted by Gasteiger charge is 2.46. The maximum absolute atomic E-state index is 15.3. The first-order chi connectivity index (χ1) is 17.9. The summed E-state index contributed by atoms with van der Waals surface area (Å²) in [5.74, 6) is 1.72. The molecule has 2 aromatic heterocycles. The molecule has 2 aliphatic heterocycles. The molecule has 0 radical (unpaired) electrons. The maximum Gasteiger partial charge on any atom is 0.228 e. The average Bonchev–Trinajstić information content (AvgIpc) is 3.54. The van der Waals surface area contributed by atoms with Crippen LogP contribution in [0.4, 0.5) is 33.2 Å². The fourth-order valence-corrected chi connectivity index (χ4v) is 6.02. The minimum Gasteiger partial charge on any atom is -0.370 e. The molecular weight excluding hydrogens is 467 g/mol. The predicted molar refractivity (Wildman–Crippen MR) is 147 cm³/mol. The molecule has 1 aromatic carbocycles. The Balaban J connectivity index is 1.24. The lowest BCUT2D eigenvalue weighted by atomic mass is 10.0. The first-order valence-electron chi connectivity index (χ1n) is 13.2. The summed E-state index contributed by atoms with van der Waals surface area (Å²) in [6, 6.07) is 10.1. The van der Waals surface area contributed by atoms with Gasteiger partial charge in [0.25, 0.3) is 0 Å². The summed E-state index contributed by atoms with van der Waals surface area (Å²) < 4.78 is 15.9. The van der Waals surface area contributed by atoms with Crippen molar-refractivity contribution in [2.75, 3.05) is 30.4 Å². The Labute approximate surface area is 217 Å². The minimum atomic E-state index is -0.309. The van der Waals surface area contributed by atoms with Gasteiger partial charge in [0.2, 0.25) is 11.8 Å². The van der Waals surface area contributed by atoms with Gasteiger partial charge in [-0.05, 0) is 49.9 Å². The number of benzene rings is 1. The minimum absolute atomic E-state index is 0.292. The summed E-state index contributed by atoms with van der Waals surface area (Å²) in [4.78, 5) is 20.6. The third kappa shape index (κ3) is 4.36. The summed E-state index contributed by atoms with van der Waals surface area (Å²) >= 11 is 0. The van der Waals surface area contributed by atoms with Crippen molar-refractivity contribution in [3.63, 3.8) is 0 Å². The number of piperidine rings is 1. The number of fused-ring (bicyclic) bond motifs is 1. The average molecular weight is 502 g/mol. The van der Waals surface area contributed by atoms with Crippen LogP contribution in [0, 0.1) is 5.82 Å². The second kappa shape index (κ2) is 9.46. The van der Waals surface area contributed by atoms with E-state index in [0.717, 1.165) is 61.5 Å². The van der Waals surface area contributed by atoms with Gasteiger partial charge in [-0.3, -0.25) is 0 Å². The molecule has 1 unspecified atom stereocenters. The van der Waals surface area contributed by atoms with E-state index in [1.807, 2.05) is 25.3 Å². The van der Waals surface area contributed by atoms with E-state index in [-0.39, 0.29) is 5.82 Å². The molecule has 3 N–H and O–H groups in total. The van der Waals surface area contributed by atoms with Gasteiger partial charge in [0.15, 0.2) is 17.2 Å². The van der Waals surface area contributed by atoms with Crippen molar-refractivity contribution in [1.29, 1.82) is 0 Å². The van der Waals surface area contributed by atoms with Crippen LogP contribution >= 0.6 is 0 Å². The highest BCUT2D eigenvalue weighted by atomic mass is 19.1. The molecule has 1 saturated heterocycles. The zero-order chi connectivity index (χ0) is 25.6. The third-order valence-corrected chi connectivity index (χ3v) is 8.39. The number of nitrogens with one attached hydrogen (secondary N) is 1. The van der Waals surface area contributed by atoms with Gasteiger partial charge in [-0.2, -0.15) is 4.99 Å². The van der Waals surface area contributed by atoms with Crippen molar-refractivity contribution in [3.05, 3.63) is 48.5 Å². The lowest BCUT2D eigenvalue weighted by Gasteiger charge is -2.35. The molecule has 3 aliphatic rings. The quantitative estimate of drug-likeness (QED) is 0.462. The fraction of sp³-hybridized carbons (Fsp3) is 0.429. The number of amidine groups is 1. The van der Waals surface area contributed by atoms with E-state index in [9.17, 15) is 0 Å². The van der Waals surface area contributed by atoms with Gasteiger partial charge in [-0.25, -0.2) is 23.8 Å². The molecule has 2 fully saturated rings. The van der Waals surface area contributed by atoms with Crippen LogP contribution in [0.3, 0.4) is 0 Å². The van der Waals surface area contributed by atoms with Crippen molar-refractivity contribution in [2.24, 2.45) is 10.7 Å². The van der Waals surface area contributed by atoms with Crippen LogP contribution in [-0.2, 0) is 0 Å². The molecule has 8 nitrogen and oxygen atoms in total. The van der Waals surface area contributed by atoms with Gasteiger partial charge in [-0.15, -0.1) is 0 Å². The van der Waals surface area contributed by atoms with Crippen molar-refractivity contribution < 1.29 is 4.39 Å². The summed E-state index contributed by atoms with van der Waals surface area (Å²) in [6.07, 6.45) is 10.2. The van der Waals surface area contributed by atoms with E-state index in [1.54, 1.807) is 6.20 Å². The molecular formula is C28H34FN8+. The molecule has 0 bridgehead atoms. The van der Waals surface area contributed by atoms with Crippen LogP contribution in [0.15, 0.2) is 47.7 Å². The van der Waals surface area contributed by atoms with Gasteiger partial charge >= 0.3 is 0 Å². The van der Waals surface area contributed by atoms with Crippen LogP contribution < -0.4 is 20.4 Å². The number of halogens is 1. The number of quaternary nitrogens is 1. The molecule has 3 aromatic rings. The largest absolute Gasteiger partial charge is 0.370 e. The van der Waals surface area contributed by atoms with E-state index in [1.165, 1.54) is 18.9 Å². The predicted octanol–water partition coefficient (Wildman–Crippen LogP) is 5.29. The number of hydrogen-bond acceptors (Lipinski definition) is 7. The lowest BCUT2D eigenvalue weighted by molar-refractivity contribution is 0.370. The number of aromatic nitrogens is 3. The molecule has 0 spiro atoms. The lowest BCUT2D eigenvalue weighted by Crippen LogP contribution is -2.54. The van der Waals surface area contributed by atoms with Crippen molar-refractivity contribution in [1.82, 2.24) is 19.4 Å². The Bertz CT molecular complexity index is 1330. The molecule has 4 heterocycles. The van der Waals surface area contributed by atoms with Gasteiger partial charge in [0, 0.05) is 56.7 Å². The van der Waals surface area contributed by atoms with E-state index < -0.39 is 0 Å².